The molecule has 0 amide bonds. The van der Waals surface area contributed by atoms with Crippen LogP contribution < -0.4 is 0 Å². The molecule has 0 saturated carbocycles. The maximum Gasteiger partial charge on any atom is 0.0725 e. The van der Waals surface area contributed by atoms with Gasteiger partial charge in [-0.25, -0.2) is 0 Å². The molecule has 2 aromatic rings. The molecule has 1 aliphatic heterocycles. The Balaban J connectivity index is 2.35. The van der Waals surface area contributed by atoms with Crippen molar-refractivity contribution in [1.29, 1.82) is 0 Å². The van der Waals surface area contributed by atoms with Gasteiger partial charge in [-0.15, -0.1) is 0 Å². The fourth-order valence-electron chi connectivity index (χ4n) is 1.96. The number of benzene rings is 1. The lowest BCUT2D eigenvalue weighted by molar-refractivity contribution is 0.134. The van der Waals surface area contributed by atoms with Gasteiger partial charge >= 0.3 is 0 Å². The summed E-state index contributed by atoms with van der Waals surface area (Å²) >= 11 is 0. The molecule has 66 valence electrons. The van der Waals surface area contributed by atoms with Crippen molar-refractivity contribution in [3.8, 4) is 0 Å². The Morgan fingerprint density at radius 1 is 1.15 bits per heavy atom. The molecule has 2 heterocycles. The minimum absolute atomic E-state index is 0.767. The Hall–Kier alpha value is -1.28. The summed E-state index contributed by atoms with van der Waals surface area (Å²) in [5.41, 5.74) is 5.11. The summed E-state index contributed by atoms with van der Waals surface area (Å²) in [6.07, 6.45) is 0. The number of hydrogen-bond acceptors (Lipinski definition) is 1. The van der Waals surface area contributed by atoms with Crippen molar-refractivity contribution >= 4 is 10.9 Å². The predicted molar refractivity (Wildman–Crippen MR) is 51.5 cm³/mol. The van der Waals surface area contributed by atoms with E-state index in [1.807, 2.05) is 0 Å². The number of fused-ring (bicyclic) bond motifs is 2. The Morgan fingerprint density at radius 2 is 1.92 bits per heavy atom. The van der Waals surface area contributed by atoms with Crippen molar-refractivity contribution < 1.29 is 4.74 Å². The SMILES string of the molecule is Cc1cc2cc3c(cc2[nH]1)COC3. The highest BCUT2D eigenvalue weighted by Gasteiger charge is 2.12. The molecule has 0 saturated heterocycles. The molecule has 13 heavy (non-hydrogen) atoms. The zero-order valence-corrected chi connectivity index (χ0v) is 7.55. The number of rotatable bonds is 0. The molecular weight excluding hydrogens is 162 g/mol. The molecule has 0 atom stereocenters. The van der Waals surface area contributed by atoms with Crippen LogP contribution in [0, 0.1) is 6.92 Å². The normalized spacial score (nSPS) is 15.2. The molecule has 2 heteroatoms. The first-order valence-corrected chi connectivity index (χ1v) is 4.52. The van der Waals surface area contributed by atoms with Crippen LogP contribution in [0.25, 0.3) is 10.9 Å². The predicted octanol–water partition coefficient (Wildman–Crippen LogP) is 2.51. The Labute approximate surface area is 76.5 Å². The fourth-order valence-corrected chi connectivity index (χ4v) is 1.96. The van der Waals surface area contributed by atoms with Crippen LogP contribution in [0.3, 0.4) is 0 Å². The minimum atomic E-state index is 0.767. The van der Waals surface area contributed by atoms with E-state index in [9.17, 15) is 0 Å². The van der Waals surface area contributed by atoms with Crippen LogP contribution in [0.5, 0.6) is 0 Å². The van der Waals surface area contributed by atoms with Crippen molar-refractivity contribution in [2.75, 3.05) is 0 Å². The number of aromatic nitrogens is 1. The molecule has 1 N–H and O–H groups in total. The number of aryl methyl sites for hydroxylation is 1. The van der Waals surface area contributed by atoms with Gasteiger partial charge in [0, 0.05) is 16.6 Å². The standard InChI is InChI=1S/C11H11NO/c1-7-2-8-3-9-5-13-6-10(9)4-11(8)12-7/h2-4,12H,5-6H2,1H3. The zero-order chi connectivity index (χ0) is 8.84. The van der Waals surface area contributed by atoms with Gasteiger partial charge in [-0.3, -0.25) is 0 Å². The summed E-state index contributed by atoms with van der Waals surface area (Å²) in [6, 6.07) is 6.60. The first kappa shape index (κ1) is 7.15. The fraction of sp³-hybridized carbons (Fsp3) is 0.273. The second kappa shape index (κ2) is 2.36. The average Bonchev–Trinajstić information content (AvgIpc) is 2.63. The second-order valence-corrected chi connectivity index (χ2v) is 3.65. The van der Waals surface area contributed by atoms with Crippen LogP contribution in [-0.4, -0.2) is 4.98 Å². The number of aromatic amines is 1. The van der Waals surface area contributed by atoms with E-state index in [4.69, 9.17) is 4.74 Å². The molecule has 1 aromatic carbocycles. The maximum absolute atomic E-state index is 5.37. The van der Waals surface area contributed by atoms with Gasteiger partial charge in [0.1, 0.15) is 0 Å². The van der Waals surface area contributed by atoms with E-state index in [1.165, 1.54) is 27.7 Å². The molecule has 0 bridgehead atoms. The van der Waals surface area contributed by atoms with Crippen LogP contribution in [0.4, 0.5) is 0 Å². The molecule has 2 nitrogen and oxygen atoms in total. The lowest BCUT2D eigenvalue weighted by atomic mass is 10.1. The summed E-state index contributed by atoms with van der Waals surface area (Å²) in [6.45, 7) is 3.63. The van der Waals surface area contributed by atoms with E-state index >= 15 is 0 Å². The molecule has 0 radical (unpaired) electrons. The van der Waals surface area contributed by atoms with Crippen LogP contribution >= 0.6 is 0 Å². The summed E-state index contributed by atoms with van der Waals surface area (Å²) < 4.78 is 5.37. The largest absolute Gasteiger partial charge is 0.372 e. The summed E-state index contributed by atoms with van der Waals surface area (Å²) in [7, 11) is 0. The van der Waals surface area contributed by atoms with Gasteiger partial charge < -0.3 is 9.72 Å². The highest BCUT2D eigenvalue weighted by atomic mass is 16.5. The van der Waals surface area contributed by atoms with Gasteiger partial charge in [0.05, 0.1) is 13.2 Å². The van der Waals surface area contributed by atoms with Gasteiger partial charge in [0.2, 0.25) is 0 Å². The van der Waals surface area contributed by atoms with Crippen molar-refractivity contribution in [2.45, 2.75) is 20.1 Å². The first-order valence-electron chi connectivity index (χ1n) is 4.52. The van der Waals surface area contributed by atoms with E-state index in [2.05, 4.69) is 30.1 Å². The van der Waals surface area contributed by atoms with Gasteiger partial charge in [-0.1, -0.05) is 0 Å². The van der Waals surface area contributed by atoms with E-state index in [0.29, 0.717) is 0 Å². The Kier molecular flexibility index (Phi) is 1.30. The molecule has 1 aliphatic rings. The molecular formula is C11H11NO. The van der Waals surface area contributed by atoms with Crippen LogP contribution in [0.15, 0.2) is 18.2 Å². The average molecular weight is 173 g/mol. The molecule has 3 rings (SSSR count). The van der Waals surface area contributed by atoms with E-state index in [-0.39, 0.29) is 0 Å². The highest BCUT2D eigenvalue weighted by Crippen LogP contribution is 2.25. The third-order valence-corrected chi connectivity index (χ3v) is 2.59. The van der Waals surface area contributed by atoms with Crippen molar-refractivity contribution in [2.24, 2.45) is 0 Å². The number of hydrogen-bond donors (Lipinski definition) is 1. The Bertz CT molecular complexity index is 429. The van der Waals surface area contributed by atoms with Gasteiger partial charge in [0.25, 0.3) is 0 Å². The highest BCUT2D eigenvalue weighted by molar-refractivity contribution is 5.82. The first-order chi connectivity index (χ1) is 6.33. The van der Waals surface area contributed by atoms with E-state index in [0.717, 1.165) is 13.2 Å². The third-order valence-electron chi connectivity index (χ3n) is 2.59. The van der Waals surface area contributed by atoms with E-state index < -0.39 is 0 Å². The van der Waals surface area contributed by atoms with Crippen LogP contribution in [0.2, 0.25) is 0 Å². The van der Waals surface area contributed by atoms with Crippen LogP contribution in [0.1, 0.15) is 16.8 Å². The van der Waals surface area contributed by atoms with E-state index in [1.54, 1.807) is 0 Å². The molecule has 0 spiro atoms. The lowest BCUT2D eigenvalue weighted by Crippen LogP contribution is -1.81. The molecule has 0 unspecified atom stereocenters. The lowest BCUT2D eigenvalue weighted by Gasteiger charge is -1.95. The number of nitrogens with one attached hydrogen (secondary N) is 1. The van der Waals surface area contributed by atoms with Crippen molar-refractivity contribution in [1.82, 2.24) is 4.98 Å². The van der Waals surface area contributed by atoms with Gasteiger partial charge in [-0.05, 0) is 36.2 Å². The Morgan fingerprint density at radius 3 is 2.77 bits per heavy atom. The van der Waals surface area contributed by atoms with Crippen LogP contribution in [-0.2, 0) is 18.0 Å². The van der Waals surface area contributed by atoms with Crippen molar-refractivity contribution in [3.63, 3.8) is 0 Å². The second-order valence-electron chi connectivity index (χ2n) is 3.65. The number of H-pyrrole nitrogens is 1. The summed E-state index contributed by atoms with van der Waals surface area (Å²) in [5.74, 6) is 0. The smallest absolute Gasteiger partial charge is 0.0725 e. The molecule has 1 aromatic heterocycles. The third kappa shape index (κ3) is 0.988. The molecule has 0 aliphatic carbocycles. The summed E-state index contributed by atoms with van der Waals surface area (Å²) in [5, 5.41) is 1.29. The van der Waals surface area contributed by atoms with Gasteiger partial charge in [0.15, 0.2) is 0 Å². The zero-order valence-electron chi connectivity index (χ0n) is 7.55. The minimum Gasteiger partial charge on any atom is -0.372 e. The quantitative estimate of drug-likeness (QED) is 0.650. The summed E-state index contributed by atoms with van der Waals surface area (Å²) in [4.78, 5) is 3.33. The monoisotopic (exact) mass is 173 g/mol. The van der Waals surface area contributed by atoms with Crippen molar-refractivity contribution in [3.05, 3.63) is 35.0 Å². The molecule has 0 fully saturated rings. The number of ether oxygens (including phenoxy) is 1. The van der Waals surface area contributed by atoms with Gasteiger partial charge in [-0.2, -0.15) is 0 Å². The maximum atomic E-state index is 5.37. The topological polar surface area (TPSA) is 25.0 Å².